The number of hydrogen-bond acceptors (Lipinski definition) is 3. The number of carbonyl (C=O) groups excluding carboxylic acids is 1. The average Bonchev–Trinajstić information content (AvgIpc) is 2.67. The van der Waals surface area contributed by atoms with Crippen molar-refractivity contribution in [1.82, 2.24) is 9.97 Å². The Morgan fingerprint density at radius 3 is 2.74 bits per heavy atom. The van der Waals surface area contributed by atoms with Crippen molar-refractivity contribution in [1.29, 1.82) is 0 Å². The number of aromatic nitrogens is 2. The molecule has 0 radical (unpaired) electrons. The van der Waals surface area contributed by atoms with E-state index in [0.29, 0.717) is 0 Å². The number of alkyl halides is 3. The minimum atomic E-state index is -4.71. The average molecular weight is 293 g/mol. The Balaban J connectivity index is 2.72. The van der Waals surface area contributed by atoms with Crippen molar-refractivity contribution in [2.45, 2.75) is 13.1 Å². The van der Waals surface area contributed by atoms with Gasteiger partial charge in [0, 0.05) is 5.39 Å². The van der Waals surface area contributed by atoms with Gasteiger partial charge in [-0.05, 0) is 19.1 Å². The summed E-state index contributed by atoms with van der Waals surface area (Å²) < 4.78 is 43.3. The number of fused-ring (bicyclic) bond motifs is 1. The van der Waals surface area contributed by atoms with Crippen molar-refractivity contribution in [3.8, 4) is 0 Å². The van der Waals surface area contributed by atoms with Gasteiger partial charge in [-0.1, -0.05) is 11.6 Å². The van der Waals surface area contributed by atoms with Crippen LogP contribution >= 0.6 is 11.6 Å². The molecule has 0 spiro atoms. The van der Waals surface area contributed by atoms with E-state index in [9.17, 15) is 18.0 Å². The Labute approximate surface area is 110 Å². The fraction of sp³-hybridized carbons (Fsp3) is 0.273. The molecule has 1 N–H and O–H groups in total. The van der Waals surface area contributed by atoms with Crippen LogP contribution in [0, 0.1) is 0 Å². The van der Waals surface area contributed by atoms with Gasteiger partial charge in [-0.15, -0.1) is 0 Å². The molecule has 2 heterocycles. The lowest BCUT2D eigenvalue weighted by Gasteiger charge is -2.07. The molecule has 19 heavy (non-hydrogen) atoms. The number of hydrogen-bond donors (Lipinski definition) is 1. The lowest BCUT2D eigenvalue weighted by Crippen LogP contribution is -2.14. The maximum absolute atomic E-state index is 12.9. The molecule has 0 saturated carbocycles. The molecule has 0 unspecified atom stereocenters. The van der Waals surface area contributed by atoms with Gasteiger partial charge >= 0.3 is 12.1 Å². The van der Waals surface area contributed by atoms with Gasteiger partial charge in [0.15, 0.2) is 0 Å². The maximum atomic E-state index is 12.9. The zero-order chi connectivity index (χ0) is 14.2. The van der Waals surface area contributed by atoms with E-state index in [1.165, 1.54) is 19.1 Å². The summed E-state index contributed by atoms with van der Waals surface area (Å²) in [7, 11) is 0. The summed E-state index contributed by atoms with van der Waals surface area (Å²) in [6.07, 6.45) is -4.71. The third-order valence-corrected chi connectivity index (χ3v) is 2.60. The predicted octanol–water partition coefficient (Wildman–Crippen LogP) is 3.41. The molecule has 2 rings (SSSR count). The van der Waals surface area contributed by atoms with Gasteiger partial charge in [0.25, 0.3) is 0 Å². The number of ether oxygens (including phenoxy) is 1. The fourth-order valence-corrected chi connectivity index (χ4v) is 1.82. The zero-order valence-electron chi connectivity index (χ0n) is 9.64. The lowest BCUT2D eigenvalue weighted by molar-refractivity contribution is -0.141. The number of nitrogens with one attached hydrogen (secondary N) is 1. The Bertz CT molecular complexity index is 637. The van der Waals surface area contributed by atoms with Crippen molar-refractivity contribution >= 4 is 28.6 Å². The predicted molar refractivity (Wildman–Crippen MR) is 62.1 cm³/mol. The van der Waals surface area contributed by atoms with Crippen LogP contribution in [-0.2, 0) is 10.9 Å². The normalized spacial score (nSPS) is 11.8. The Morgan fingerprint density at radius 2 is 2.16 bits per heavy atom. The van der Waals surface area contributed by atoms with E-state index in [4.69, 9.17) is 11.6 Å². The Hall–Kier alpha value is -1.76. The molecule has 0 aliphatic carbocycles. The number of rotatable bonds is 2. The largest absolute Gasteiger partial charge is 0.462 e. The van der Waals surface area contributed by atoms with Gasteiger partial charge < -0.3 is 9.72 Å². The highest BCUT2D eigenvalue weighted by Crippen LogP contribution is 2.35. The van der Waals surface area contributed by atoms with Gasteiger partial charge in [-0.2, -0.15) is 13.2 Å². The van der Waals surface area contributed by atoms with Crippen LogP contribution in [0.2, 0.25) is 5.15 Å². The molecule has 102 valence electrons. The number of aromatic amines is 1. The van der Waals surface area contributed by atoms with Crippen molar-refractivity contribution in [2.75, 3.05) is 6.61 Å². The van der Waals surface area contributed by atoms with Gasteiger partial charge in [0.05, 0.1) is 12.2 Å². The first-order valence-corrected chi connectivity index (χ1v) is 5.65. The molecule has 0 amide bonds. The summed E-state index contributed by atoms with van der Waals surface area (Å²) in [5.41, 5.74) is -1.87. The van der Waals surface area contributed by atoms with E-state index in [2.05, 4.69) is 14.7 Å². The maximum Gasteiger partial charge on any atom is 0.432 e. The van der Waals surface area contributed by atoms with E-state index < -0.39 is 23.4 Å². The van der Waals surface area contributed by atoms with Crippen LogP contribution in [0.3, 0.4) is 0 Å². The quantitative estimate of drug-likeness (QED) is 0.681. The Morgan fingerprint density at radius 1 is 1.47 bits per heavy atom. The van der Waals surface area contributed by atoms with E-state index in [1.807, 2.05) is 0 Å². The van der Waals surface area contributed by atoms with Crippen LogP contribution in [0.4, 0.5) is 13.2 Å². The second-order valence-electron chi connectivity index (χ2n) is 3.62. The van der Waals surface area contributed by atoms with Gasteiger partial charge in [0.2, 0.25) is 0 Å². The van der Waals surface area contributed by atoms with Crippen molar-refractivity contribution < 1.29 is 22.7 Å². The summed E-state index contributed by atoms with van der Waals surface area (Å²) in [5, 5.41) is 0.0491. The third kappa shape index (κ3) is 2.51. The van der Waals surface area contributed by atoms with E-state index in [0.717, 1.165) is 0 Å². The summed E-state index contributed by atoms with van der Waals surface area (Å²) in [4.78, 5) is 17.4. The molecule has 0 saturated heterocycles. The summed E-state index contributed by atoms with van der Waals surface area (Å²) >= 11 is 5.61. The van der Waals surface area contributed by atoms with Crippen LogP contribution < -0.4 is 0 Å². The van der Waals surface area contributed by atoms with E-state index >= 15 is 0 Å². The summed E-state index contributed by atoms with van der Waals surface area (Å²) in [6.45, 7) is 1.49. The molecule has 4 nitrogen and oxygen atoms in total. The Kier molecular flexibility index (Phi) is 3.40. The molecular weight excluding hydrogens is 285 g/mol. The summed E-state index contributed by atoms with van der Waals surface area (Å²) in [6, 6.07) is 2.60. The van der Waals surface area contributed by atoms with Crippen molar-refractivity contribution in [3.05, 3.63) is 28.5 Å². The fourth-order valence-electron chi connectivity index (χ4n) is 1.68. The molecule has 0 aromatic carbocycles. The molecular formula is C11H8ClF3N2O2. The van der Waals surface area contributed by atoms with Crippen molar-refractivity contribution in [2.24, 2.45) is 0 Å². The number of pyridine rings is 1. The standard InChI is InChI=1S/C11H8ClF3N2O2/c1-2-19-10(18)7-5-3-4-6(12)16-9(5)17-8(7)11(13,14)15/h3-4H,2H2,1H3,(H,16,17). The van der Waals surface area contributed by atoms with Gasteiger partial charge in [0.1, 0.15) is 16.5 Å². The third-order valence-electron chi connectivity index (χ3n) is 2.39. The highest BCUT2D eigenvalue weighted by atomic mass is 35.5. The molecule has 0 aliphatic rings. The van der Waals surface area contributed by atoms with Crippen LogP contribution in [-0.4, -0.2) is 22.5 Å². The number of esters is 1. The summed E-state index contributed by atoms with van der Waals surface area (Å²) in [5.74, 6) is -1.05. The van der Waals surface area contributed by atoms with E-state index in [1.54, 1.807) is 0 Å². The second-order valence-corrected chi connectivity index (χ2v) is 4.01. The molecule has 0 atom stereocenters. The SMILES string of the molecule is CCOC(=O)c1c(C(F)(F)F)[nH]c2nc(Cl)ccc12. The molecule has 8 heteroatoms. The number of nitrogens with zero attached hydrogens (tertiary/aromatic N) is 1. The number of carbonyl (C=O) groups is 1. The van der Waals surface area contributed by atoms with Crippen LogP contribution in [0.25, 0.3) is 11.0 Å². The number of H-pyrrole nitrogens is 1. The monoisotopic (exact) mass is 292 g/mol. The first-order chi connectivity index (χ1) is 8.84. The van der Waals surface area contributed by atoms with E-state index in [-0.39, 0.29) is 22.8 Å². The van der Waals surface area contributed by atoms with Crippen LogP contribution in [0.1, 0.15) is 23.0 Å². The minimum Gasteiger partial charge on any atom is -0.462 e. The molecule has 0 fully saturated rings. The molecule has 2 aromatic rings. The second kappa shape index (κ2) is 4.73. The highest BCUT2D eigenvalue weighted by molar-refractivity contribution is 6.29. The van der Waals surface area contributed by atoms with Gasteiger partial charge in [-0.3, -0.25) is 0 Å². The minimum absolute atomic E-state index is 0.0233. The lowest BCUT2D eigenvalue weighted by atomic mass is 10.1. The smallest absolute Gasteiger partial charge is 0.432 e. The first-order valence-electron chi connectivity index (χ1n) is 5.27. The van der Waals surface area contributed by atoms with Crippen LogP contribution in [0.15, 0.2) is 12.1 Å². The van der Waals surface area contributed by atoms with Crippen LogP contribution in [0.5, 0.6) is 0 Å². The zero-order valence-corrected chi connectivity index (χ0v) is 10.4. The first kappa shape index (κ1) is 13.7. The number of halogens is 4. The highest BCUT2D eigenvalue weighted by Gasteiger charge is 2.39. The topological polar surface area (TPSA) is 55.0 Å². The molecule has 2 aromatic heterocycles. The molecule has 0 bridgehead atoms. The van der Waals surface area contributed by atoms with Gasteiger partial charge in [-0.25, -0.2) is 9.78 Å². The molecule has 0 aliphatic heterocycles. The van der Waals surface area contributed by atoms with Crippen molar-refractivity contribution in [3.63, 3.8) is 0 Å².